The van der Waals surface area contributed by atoms with E-state index in [-0.39, 0.29) is 19.0 Å². The molecule has 7 nitrogen and oxygen atoms in total. The Morgan fingerprint density at radius 1 is 1.17 bits per heavy atom. The molecule has 0 amide bonds. The van der Waals surface area contributed by atoms with Crippen molar-refractivity contribution in [3.05, 3.63) is 23.1 Å². The van der Waals surface area contributed by atoms with Crippen LogP contribution in [0.2, 0.25) is 0 Å². The maximum absolute atomic E-state index is 12.5. The standard InChI is InChI=1S/C21H27BO7S/c1-12(19(24)25)7-15(23)18-9-13-8-14(16(27-11-26-6)10-17(13)30-18)22-28-20(2,3)21(4,5)29-22/h8-10,12H,7,11H2,1-6H3,(H,24,25). The third-order valence-corrected chi connectivity index (χ3v) is 6.82. The number of fused-ring (bicyclic) bond motifs is 1. The minimum Gasteiger partial charge on any atom is -0.481 e. The molecule has 0 bridgehead atoms. The van der Waals surface area contributed by atoms with Gasteiger partial charge in [-0.05, 0) is 45.2 Å². The lowest BCUT2D eigenvalue weighted by Crippen LogP contribution is -2.41. The lowest BCUT2D eigenvalue weighted by Gasteiger charge is -2.32. The van der Waals surface area contributed by atoms with E-state index in [2.05, 4.69) is 0 Å². The van der Waals surface area contributed by atoms with E-state index < -0.39 is 30.2 Å². The summed E-state index contributed by atoms with van der Waals surface area (Å²) in [6.45, 7) is 9.50. The fourth-order valence-corrected chi connectivity index (χ4v) is 4.11. The van der Waals surface area contributed by atoms with Gasteiger partial charge in [-0.25, -0.2) is 0 Å². The van der Waals surface area contributed by atoms with Gasteiger partial charge in [-0.15, -0.1) is 11.3 Å². The molecule has 2 aromatic rings. The first-order valence-corrected chi connectivity index (χ1v) is 10.6. The van der Waals surface area contributed by atoms with Gasteiger partial charge in [0.25, 0.3) is 0 Å². The molecule has 1 aliphatic rings. The second-order valence-corrected chi connectivity index (χ2v) is 9.63. The summed E-state index contributed by atoms with van der Waals surface area (Å²) in [7, 11) is 0.913. The van der Waals surface area contributed by atoms with Crippen LogP contribution in [0, 0.1) is 5.92 Å². The Kier molecular flexibility index (Phi) is 6.29. The molecule has 0 spiro atoms. The highest BCUT2D eigenvalue weighted by molar-refractivity contribution is 7.20. The van der Waals surface area contributed by atoms with Crippen molar-refractivity contribution in [2.24, 2.45) is 5.92 Å². The van der Waals surface area contributed by atoms with E-state index in [0.29, 0.717) is 16.1 Å². The SMILES string of the molecule is COCOc1cc2sc(C(=O)CC(C)C(=O)O)cc2cc1B1OC(C)(C)C(C)(C)O1. The van der Waals surface area contributed by atoms with Crippen LogP contribution in [-0.4, -0.2) is 49.1 Å². The van der Waals surface area contributed by atoms with E-state index in [9.17, 15) is 9.59 Å². The van der Waals surface area contributed by atoms with Crippen molar-refractivity contribution in [1.29, 1.82) is 0 Å². The van der Waals surface area contributed by atoms with Crippen molar-refractivity contribution >= 4 is 45.8 Å². The molecule has 0 saturated carbocycles. The quantitative estimate of drug-likeness (QED) is 0.387. The number of carboxylic acid groups (broad SMARTS) is 1. The van der Waals surface area contributed by atoms with Crippen LogP contribution >= 0.6 is 11.3 Å². The number of methoxy groups -OCH3 is 1. The van der Waals surface area contributed by atoms with Gasteiger partial charge in [-0.1, -0.05) is 13.0 Å². The smallest absolute Gasteiger partial charge is 0.481 e. The Morgan fingerprint density at radius 2 is 1.80 bits per heavy atom. The number of ether oxygens (including phenoxy) is 2. The average Bonchev–Trinajstić information content (AvgIpc) is 3.16. The fraction of sp³-hybridized carbons (Fsp3) is 0.524. The number of ketones is 1. The van der Waals surface area contributed by atoms with Gasteiger partial charge in [0, 0.05) is 23.7 Å². The second-order valence-electron chi connectivity index (χ2n) is 8.54. The zero-order valence-electron chi connectivity index (χ0n) is 18.1. The number of carboxylic acids is 1. The lowest BCUT2D eigenvalue weighted by molar-refractivity contribution is -0.141. The number of carbonyl (C=O) groups excluding carboxylic acids is 1. The second kappa shape index (κ2) is 8.30. The molecule has 162 valence electrons. The summed E-state index contributed by atoms with van der Waals surface area (Å²) < 4.78 is 24.0. The predicted octanol–water partition coefficient (Wildman–Crippen LogP) is 3.48. The molecular weight excluding hydrogens is 407 g/mol. The van der Waals surface area contributed by atoms with Crippen molar-refractivity contribution in [1.82, 2.24) is 0 Å². The number of carbonyl (C=O) groups is 2. The van der Waals surface area contributed by atoms with E-state index in [0.717, 1.165) is 10.1 Å². The number of hydrogen-bond acceptors (Lipinski definition) is 7. The minimum atomic E-state index is -0.984. The molecule has 1 N–H and O–H groups in total. The van der Waals surface area contributed by atoms with Crippen molar-refractivity contribution in [3.63, 3.8) is 0 Å². The first-order chi connectivity index (χ1) is 13.9. The molecule has 9 heteroatoms. The van der Waals surface area contributed by atoms with Crippen LogP contribution < -0.4 is 10.2 Å². The van der Waals surface area contributed by atoms with Crippen LogP contribution in [0.4, 0.5) is 0 Å². The Morgan fingerprint density at radius 3 is 2.37 bits per heavy atom. The van der Waals surface area contributed by atoms with Crippen molar-refractivity contribution in [2.75, 3.05) is 13.9 Å². The van der Waals surface area contributed by atoms with E-state index >= 15 is 0 Å². The van der Waals surface area contributed by atoms with Crippen LogP contribution in [0.5, 0.6) is 5.75 Å². The summed E-state index contributed by atoms with van der Waals surface area (Å²) in [6, 6.07) is 5.53. The zero-order chi connectivity index (χ0) is 22.3. The molecule has 1 aromatic heterocycles. The number of aliphatic carboxylic acids is 1. The van der Waals surface area contributed by atoms with Gasteiger partial charge in [0.2, 0.25) is 0 Å². The van der Waals surface area contributed by atoms with Crippen LogP contribution in [-0.2, 0) is 18.8 Å². The molecule has 1 fully saturated rings. The van der Waals surface area contributed by atoms with E-state index in [1.807, 2.05) is 39.8 Å². The van der Waals surface area contributed by atoms with Crippen LogP contribution in [0.15, 0.2) is 18.2 Å². The highest BCUT2D eigenvalue weighted by Crippen LogP contribution is 2.38. The van der Waals surface area contributed by atoms with E-state index in [1.165, 1.54) is 18.3 Å². The number of benzene rings is 1. The zero-order valence-corrected chi connectivity index (χ0v) is 18.9. The molecule has 3 rings (SSSR count). The van der Waals surface area contributed by atoms with Gasteiger partial charge in [0.1, 0.15) is 5.75 Å². The molecular formula is C21H27BO7S. The van der Waals surface area contributed by atoms with Crippen LogP contribution in [0.25, 0.3) is 10.1 Å². The van der Waals surface area contributed by atoms with Crippen molar-refractivity contribution in [2.45, 2.75) is 52.2 Å². The summed E-state index contributed by atoms with van der Waals surface area (Å²) >= 11 is 1.31. The minimum absolute atomic E-state index is 0.0424. The molecule has 1 unspecified atom stereocenters. The molecule has 1 saturated heterocycles. The molecule has 0 aliphatic carbocycles. The number of thiophene rings is 1. The monoisotopic (exact) mass is 434 g/mol. The van der Waals surface area contributed by atoms with Gasteiger partial charge in [-0.2, -0.15) is 0 Å². The summed E-state index contributed by atoms with van der Waals surface area (Å²) in [4.78, 5) is 24.1. The Hall–Kier alpha value is -1.94. The topological polar surface area (TPSA) is 91.3 Å². The van der Waals surface area contributed by atoms with Crippen LogP contribution in [0.1, 0.15) is 50.7 Å². The lowest BCUT2D eigenvalue weighted by atomic mass is 9.78. The molecule has 2 heterocycles. The van der Waals surface area contributed by atoms with Gasteiger partial charge < -0.3 is 23.9 Å². The number of Topliss-reactive ketones (excluding diaryl/α,β-unsaturated/α-hetero) is 1. The Labute approximate surface area is 180 Å². The molecule has 1 atom stereocenters. The van der Waals surface area contributed by atoms with Gasteiger partial charge in [0.05, 0.1) is 22.0 Å². The molecule has 30 heavy (non-hydrogen) atoms. The normalized spacial score (nSPS) is 18.5. The summed E-state index contributed by atoms with van der Waals surface area (Å²) in [6.07, 6.45) is -0.0424. The molecule has 0 radical (unpaired) electrons. The van der Waals surface area contributed by atoms with Crippen molar-refractivity contribution in [3.8, 4) is 5.75 Å². The fourth-order valence-electron chi connectivity index (χ4n) is 3.09. The molecule has 1 aromatic carbocycles. The maximum atomic E-state index is 12.5. The predicted molar refractivity (Wildman–Crippen MR) is 116 cm³/mol. The maximum Gasteiger partial charge on any atom is 0.498 e. The van der Waals surface area contributed by atoms with Crippen LogP contribution in [0.3, 0.4) is 0 Å². The Bertz CT molecular complexity index is 950. The summed E-state index contributed by atoms with van der Waals surface area (Å²) in [5, 5.41) is 9.92. The third-order valence-electron chi connectivity index (χ3n) is 5.68. The van der Waals surface area contributed by atoms with Crippen molar-refractivity contribution < 1.29 is 33.5 Å². The third kappa shape index (κ3) is 4.39. The largest absolute Gasteiger partial charge is 0.498 e. The summed E-state index contributed by atoms with van der Waals surface area (Å²) in [5.41, 5.74) is -0.296. The average molecular weight is 434 g/mol. The Balaban J connectivity index is 1.98. The van der Waals surface area contributed by atoms with Gasteiger partial charge in [0.15, 0.2) is 12.6 Å². The number of hydrogen-bond donors (Lipinski definition) is 1. The first-order valence-electron chi connectivity index (χ1n) is 9.76. The van der Waals surface area contributed by atoms with Gasteiger partial charge in [-0.3, -0.25) is 9.59 Å². The summed E-state index contributed by atoms with van der Waals surface area (Å²) in [5.74, 6) is -1.35. The highest BCUT2D eigenvalue weighted by Gasteiger charge is 2.52. The highest BCUT2D eigenvalue weighted by atomic mass is 32.1. The molecule has 1 aliphatic heterocycles. The van der Waals surface area contributed by atoms with Gasteiger partial charge >= 0.3 is 13.1 Å². The van der Waals surface area contributed by atoms with E-state index in [1.54, 1.807) is 13.2 Å². The number of rotatable bonds is 8. The van der Waals surface area contributed by atoms with E-state index in [4.69, 9.17) is 23.9 Å². The first kappa shape index (κ1) is 22.7.